The van der Waals surface area contributed by atoms with Gasteiger partial charge in [-0.25, -0.2) is 8.78 Å². The molecule has 0 amide bonds. The molecule has 54 valence electrons. The normalized spacial score (nSPS) is 28.3. The third-order valence-electron chi connectivity index (χ3n) is 1.27. The maximum absolute atomic E-state index is 12.4. The van der Waals surface area contributed by atoms with Gasteiger partial charge >= 0.3 is 0 Å². The fraction of sp³-hybridized carbons (Fsp3) is 1.00. The van der Waals surface area contributed by atoms with Crippen molar-refractivity contribution in [3.8, 4) is 0 Å². The van der Waals surface area contributed by atoms with Gasteiger partial charge in [-0.15, -0.1) is 0 Å². The molecule has 1 aliphatic heterocycles. The van der Waals surface area contributed by atoms with Crippen LogP contribution in [0.25, 0.3) is 0 Å². The SMILES string of the molecule is CN1CNCC(F)(F)C1. The lowest BCUT2D eigenvalue weighted by Crippen LogP contribution is -2.51. The molecule has 1 aliphatic rings. The fourth-order valence-electron chi connectivity index (χ4n) is 0.936. The van der Waals surface area contributed by atoms with Gasteiger partial charge in [-0.05, 0) is 7.05 Å². The molecule has 0 aliphatic carbocycles. The van der Waals surface area contributed by atoms with E-state index in [1.807, 2.05) is 0 Å². The molecule has 1 N–H and O–H groups in total. The van der Waals surface area contributed by atoms with Crippen LogP contribution in [0.3, 0.4) is 0 Å². The molecule has 1 saturated heterocycles. The van der Waals surface area contributed by atoms with Crippen molar-refractivity contribution in [2.24, 2.45) is 0 Å². The van der Waals surface area contributed by atoms with Crippen molar-refractivity contribution in [2.75, 3.05) is 26.8 Å². The van der Waals surface area contributed by atoms with Crippen LogP contribution in [-0.2, 0) is 0 Å². The summed E-state index contributed by atoms with van der Waals surface area (Å²) >= 11 is 0. The van der Waals surface area contributed by atoms with Crippen molar-refractivity contribution in [3.63, 3.8) is 0 Å². The molecule has 0 aromatic rings. The Kier molecular flexibility index (Phi) is 1.68. The Morgan fingerprint density at radius 2 is 2.22 bits per heavy atom. The summed E-state index contributed by atoms with van der Waals surface area (Å²) in [5.74, 6) is -2.53. The Balaban J connectivity index is 2.41. The second kappa shape index (κ2) is 2.19. The smallest absolute Gasteiger partial charge is 0.272 e. The summed E-state index contributed by atoms with van der Waals surface area (Å²) in [4.78, 5) is 1.56. The lowest BCUT2D eigenvalue weighted by molar-refractivity contribution is -0.0508. The van der Waals surface area contributed by atoms with Gasteiger partial charge < -0.3 is 0 Å². The minimum atomic E-state index is -2.53. The lowest BCUT2D eigenvalue weighted by Gasteiger charge is -2.29. The van der Waals surface area contributed by atoms with Crippen molar-refractivity contribution < 1.29 is 8.78 Å². The highest BCUT2D eigenvalue weighted by molar-refractivity contribution is 4.77. The summed E-state index contributed by atoms with van der Waals surface area (Å²) in [7, 11) is 1.67. The fourth-order valence-corrected chi connectivity index (χ4v) is 0.936. The number of nitrogens with zero attached hydrogens (tertiary/aromatic N) is 1. The molecule has 0 saturated carbocycles. The molecule has 1 rings (SSSR count). The van der Waals surface area contributed by atoms with E-state index in [-0.39, 0.29) is 13.1 Å². The lowest BCUT2D eigenvalue weighted by atomic mass is 10.3. The van der Waals surface area contributed by atoms with Crippen LogP contribution in [0.15, 0.2) is 0 Å². The first-order valence-corrected chi connectivity index (χ1v) is 2.87. The molecule has 0 bridgehead atoms. The molecule has 0 radical (unpaired) electrons. The number of halogens is 2. The molecule has 0 atom stereocenters. The highest BCUT2D eigenvalue weighted by Gasteiger charge is 2.33. The van der Waals surface area contributed by atoms with Crippen LogP contribution in [0.5, 0.6) is 0 Å². The van der Waals surface area contributed by atoms with Crippen molar-refractivity contribution in [1.82, 2.24) is 10.2 Å². The van der Waals surface area contributed by atoms with E-state index in [1.54, 1.807) is 11.9 Å². The van der Waals surface area contributed by atoms with Gasteiger partial charge in [0.2, 0.25) is 0 Å². The van der Waals surface area contributed by atoms with Crippen molar-refractivity contribution in [2.45, 2.75) is 5.92 Å². The minimum Gasteiger partial charge on any atom is -0.298 e. The van der Waals surface area contributed by atoms with Crippen LogP contribution >= 0.6 is 0 Å². The Bertz CT molecular complexity index is 105. The number of rotatable bonds is 0. The number of hydrogen-bond donors (Lipinski definition) is 1. The molecule has 1 heterocycles. The third-order valence-corrected chi connectivity index (χ3v) is 1.27. The highest BCUT2D eigenvalue weighted by Crippen LogP contribution is 2.15. The van der Waals surface area contributed by atoms with Crippen LogP contribution in [0.2, 0.25) is 0 Å². The molecular weight excluding hydrogens is 126 g/mol. The summed E-state index contributed by atoms with van der Waals surface area (Å²) in [6, 6.07) is 0. The molecule has 0 aromatic heterocycles. The van der Waals surface area contributed by atoms with Crippen LogP contribution < -0.4 is 5.32 Å². The Morgan fingerprint density at radius 1 is 1.56 bits per heavy atom. The van der Waals surface area contributed by atoms with E-state index in [0.29, 0.717) is 6.67 Å². The molecule has 0 unspecified atom stereocenters. The van der Waals surface area contributed by atoms with Gasteiger partial charge in [0.1, 0.15) is 0 Å². The van der Waals surface area contributed by atoms with Gasteiger partial charge in [0, 0.05) is 6.67 Å². The monoisotopic (exact) mass is 136 g/mol. The van der Waals surface area contributed by atoms with Gasteiger partial charge in [0.25, 0.3) is 5.92 Å². The molecule has 4 heteroatoms. The first-order valence-electron chi connectivity index (χ1n) is 2.87. The van der Waals surface area contributed by atoms with Gasteiger partial charge in [-0.1, -0.05) is 0 Å². The van der Waals surface area contributed by atoms with Gasteiger partial charge in [0.05, 0.1) is 13.1 Å². The van der Waals surface area contributed by atoms with E-state index >= 15 is 0 Å². The second-order valence-corrected chi connectivity index (χ2v) is 2.46. The van der Waals surface area contributed by atoms with Crippen LogP contribution in [-0.4, -0.2) is 37.6 Å². The summed E-state index contributed by atoms with van der Waals surface area (Å²) < 4.78 is 24.7. The van der Waals surface area contributed by atoms with E-state index in [2.05, 4.69) is 5.32 Å². The second-order valence-electron chi connectivity index (χ2n) is 2.46. The first-order chi connectivity index (χ1) is 4.10. The third kappa shape index (κ3) is 1.87. The van der Waals surface area contributed by atoms with Crippen molar-refractivity contribution >= 4 is 0 Å². The quantitative estimate of drug-likeness (QED) is 0.508. The average Bonchev–Trinajstić information content (AvgIpc) is 1.60. The van der Waals surface area contributed by atoms with Crippen LogP contribution in [0.4, 0.5) is 8.78 Å². The maximum Gasteiger partial charge on any atom is 0.272 e. The summed E-state index contributed by atoms with van der Waals surface area (Å²) in [6.07, 6.45) is 0. The summed E-state index contributed by atoms with van der Waals surface area (Å²) in [5, 5.41) is 2.60. The molecule has 9 heavy (non-hydrogen) atoms. The maximum atomic E-state index is 12.4. The van der Waals surface area contributed by atoms with Gasteiger partial charge in [0.15, 0.2) is 0 Å². The number of nitrogens with one attached hydrogen (secondary N) is 1. The Hall–Kier alpha value is -0.220. The average molecular weight is 136 g/mol. The predicted octanol–water partition coefficient (Wildman–Crippen LogP) is 0.114. The summed E-state index contributed by atoms with van der Waals surface area (Å²) in [6.45, 7) is 0.257. The van der Waals surface area contributed by atoms with E-state index in [4.69, 9.17) is 0 Å². The molecule has 0 spiro atoms. The Labute approximate surface area is 52.8 Å². The van der Waals surface area contributed by atoms with Crippen LogP contribution in [0.1, 0.15) is 0 Å². The molecule has 1 fully saturated rings. The van der Waals surface area contributed by atoms with E-state index in [9.17, 15) is 8.78 Å². The number of alkyl halides is 2. The molecular formula is C5H10F2N2. The van der Waals surface area contributed by atoms with Crippen LogP contribution in [0, 0.1) is 0 Å². The van der Waals surface area contributed by atoms with E-state index in [0.717, 1.165) is 0 Å². The highest BCUT2D eigenvalue weighted by atomic mass is 19.3. The van der Waals surface area contributed by atoms with E-state index < -0.39 is 5.92 Å². The largest absolute Gasteiger partial charge is 0.298 e. The number of hydrogen-bond acceptors (Lipinski definition) is 2. The van der Waals surface area contributed by atoms with E-state index in [1.165, 1.54) is 0 Å². The molecule has 2 nitrogen and oxygen atoms in total. The zero-order valence-electron chi connectivity index (χ0n) is 5.32. The van der Waals surface area contributed by atoms with Gasteiger partial charge in [-0.3, -0.25) is 10.2 Å². The standard InChI is InChI=1S/C5H10F2N2/c1-9-3-5(6,7)2-8-4-9/h8H,2-4H2,1H3. The first kappa shape index (κ1) is 6.89. The zero-order chi connectivity index (χ0) is 6.91. The summed E-state index contributed by atoms with van der Waals surface area (Å²) in [5.41, 5.74) is 0. The zero-order valence-corrected chi connectivity index (χ0v) is 5.32. The van der Waals surface area contributed by atoms with Crippen molar-refractivity contribution in [1.29, 1.82) is 0 Å². The minimum absolute atomic E-state index is 0.125. The topological polar surface area (TPSA) is 15.3 Å². The predicted molar refractivity (Wildman–Crippen MR) is 30.4 cm³/mol. The molecule has 0 aromatic carbocycles. The van der Waals surface area contributed by atoms with Gasteiger partial charge in [-0.2, -0.15) is 0 Å². The van der Waals surface area contributed by atoms with Crippen molar-refractivity contribution in [3.05, 3.63) is 0 Å². The Morgan fingerprint density at radius 3 is 2.56 bits per heavy atom.